The molecule has 4 heterocycles. The first-order valence-corrected chi connectivity index (χ1v) is 12.1. The third-order valence-electron chi connectivity index (χ3n) is 8.31. The van der Waals surface area contributed by atoms with Crippen LogP contribution < -0.4 is 4.90 Å². The molecule has 1 aromatic carbocycles. The monoisotopic (exact) mass is 450 g/mol. The van der Waals surface area contributed by atoms with Crippen LogP contribution >= 0.6 is 0 Å². The van der Waals surface area contributed by atoms with E-state index in [9.17, 15) is 9.59 Å². The van der Waals surface area contributed by atoms with Gasteiger partial charge in [-0.1, -0.05) is 24.1 Å². The van der Waals surface area contributed by atoms with Gasteiger partial charge in [0, 0.05) is 49.9 Å². The van der Waals surface area contributed by atoms with Gasteiger partial charge in [-0.05, 0) is 63.2 Å². The molecule has 0 N–H and O–H groups in total. The van der Waals surface area contributed by atoms with Crippen LogP contribution in [0.5, 0.6) is 0 Å². The molecule has 7 heteroatoms. The molecule has 3 amide bonds. The fourth-order valence-electron chi connectivity index (χ4n) is 6.71. The number of carbonyl (C=O) groups is 2. The lowest BCUT2D eigenvalue weighted by Gasteiger charge is -2.47. The first-order chi connectivity index (χ1) is 15.9. The van der Waals surface area contributed by atoms with Crippen molar-refractivity contribution in [2.24, 2.45) is 0 Å². The molecule has 0 aliphatic carbocycles. The highest BCUT2D eigenvalue weighted by atomic mass is 16.6. The molecule has 5 rings (SSSR count). The smallest absolute Gasteiger partial charge is 0.411 e. The van der Waals surface area contributed by atoms with Crippen molar-refractivity contribution in [3.8, 4) is 12.3 Å². The zero-order chi connectivity index (χ0) is 23.2. The molecule has 2 bridgehead atoms. The molecule has 3 fully saturated rings. The van der Waals surface area contributed by atoms with Gasteiger partial charge in [0.1, 0.15) is 0 Å². The van der Waals surface area contributed by atoms with Gasteiger partial charge in [-0.3, -0.25) is 4.90 Å². The summed E-state index contributed by atoms with van der Waals surface area (Å²) < 4.78 is 5.24. The van der Waals surface area contributed by atoms with E-state index >= 15 is 0 Å². The molecule has 176 valence electrons. The Bertz CT molecular complexity index is 949. The molecule has 3 saturated heterocycles. The van der Waals surface area contributed by atoms with Crippen molar-refractivity contribution in [1.29, 1.82) is 0 Å². The number of carbonyl (C=O) groups excluding carboxylic acids is 2. The lowest BCUT2D eigenvalue weighted by atomic mass is 9.73. The average Bonchev–Trinajstić information content (AvgIpc) is 3.28. The molecule has 7 nitrogen and oxygen atoms in total. The highest BCUT2D eigenvalue weighted by molar-refractivity contribution is 5.95. The number of anilines is 1. The molecule has 4 aliphatic rings. The molecule has 1 spiro atoms. The van der Waals surface area contributed by atoms with Gasteiger partial charge in [0.05, 0.1) is 0 Å². The lowest BCUT2D eigenvalue weighted by Crippen LogP contribution is -2.55. The van der Waals surface area contributed by atoms with Crippen molar-refractivity contribution in [2.75, 3.05) is 45.2 Å². The Morgan fingerprint density at radius 2 is 1.79 bits per heavy atom. The van der Waals surface area contributed by atoms with E-state index in [2.05, 4.69) is 29.0 Å². The summed E-state index contributed by atoms with van der Waals surface area (Å²) >= 11 is 0. The summed E-state index contributed by atoms with van der Waals surface area (Å²) in [6, 6.07) is 9.52. The Morgan fingerprint density at radius 3 is 2.42 bits per heavy atom. The SMILES string of the molecule is C#CCOC(=O)N1C2CCC1CC(N1CCC3(CC1)CN(C(=O)N(C)C)c1ccccc13)C2. The Labute approximate surface area is 196 Å². The van der Waals surface area contributed by atoms with Crippen LogP contribution in [0.15, 0.2) is 24.3 Å². The Balaban J connectivity index is 1.26. The Morgan fingerprint density at radius 1 is 1.12 bits per heavy atom. The quantitative estimate of drug-likeness (QED) is 0.649. The number of hydrogen-bond acceptors (Lipinski definition) is 4. The molecule has 33 heavy (non-hydrogen) atoms. The normalized spacial score (nSPS) is 27.8. The number of amides is 3. The molecule has 0 aromatic heterocycles. The van der Waals surface area contributed by atoms with Gasteiger partial charge >= 0.3 is 12.1 Å². The highest BCUT2D eigenvalue weighted by Crippen LogP contribution is 2.48. The number of fused-ring (bicyclic) bond motifs is 4. The minimum absolute atomic E-state index is 0.0392. The van der Waals surface area contributed by atoms with Gasteiger partial charge in [0.15, 0.2) is 6.61 Å². The van der Waals surface area contributed by atoms with Gasteiger partial charge in [0.25, 0.3) is 0 Å². The largest absolute Gasteiger partial charge is 0.436 e. The number of ether oxygens (including phenoxy) is 1. The van der Waals surface area contributed by atoms with Gasteiger partial charge in [-0.15, -0.1) is 6.42 Å². The van der Waals surface area contributed by atoms with Crippen LogP contribution in [0.25, 0.3) is 0 Å². The second kappa shape index (κ2) is 8.57. The molecular formula is C26H34N4O3. The predicted octanol–water partition coefficient (Wildman–Crippen LogP) is 3.29. The van der Waals surface area contributed by atoms with E-state index in [1.807, 2.05) is 30.0 Å². The summed E-state index contributed by atoms with van der Waals surface area (Å²) in [6.07, 6.45) is 11.3. The van der Waals surface area contributed by atoms with Crippen molar-refractivity contribution in [1.82, 2.24) is 14.7 Å². The van der Waals surface area contributed by atoms with Crippen molar-refractivity contribution < 1.29 is 14.3 Å². The molecule has 4 aliphatic heterocycles. The maximum Gasteiger partial charge on any atom is 0.411 e. The van der Waals surface area contributed by atoms with Crippen LogP contribution in [0.1, 0.15) is 44.1 Å². The summed E-state index contributed by atoms with van der Waals surface area (Å²) in [5.41, 5.74) is 2.43. The number of piperidine rings is 2. The van der Waals surface area contributed by atoms with E-state index in [1.165, 1.54) is 5.56 Å². The Kier molecular flexibility index (Phi) is 5.74. The summed E-state index contributed by atoms with van der Waals surface area (Å²) in [6.45, 7) is 2.87. The zero-order valence-electron chi connectivity index (χ0n) is 19.7. The van der Waals surface area contributed by atoms with Crippen LogP contribution in [-0.4, -0.2) is 85.3 Å². The average molecular weight is 451 g/mol. The van der Waals surface area contributed by atoms with Crippen LogP contribution in [0.3, 0.4) is 0 Å². The summed E-state index contributed by atoms with van der Waals surface area (Å²) in [7, 11) is 3.64. The number of likely N-dealkylation sites (tertiary alicyclic amines) is 1. The number of para-hydroxylation sites is 1. The van der Waals surface area contributed by atoms with Crippen molar-refractivity contribution in [3.05, 3.63) is 29.8 Å². The zero-order valence-corrected chi connectivity index (χ0v) is 19.7. The number of benzene rings is 1. The topological polar surface area (TPSA) is 56.3 Å². The molecule has 2 unspecified atom stereocenters. The maximum absolute atomic E-state index is 12.9. The van der Waals surface area contributed by atoms with Crippen molar-refractivity contribution >= 4 is 17.8 Å². The summed E-state index contributed by atoms with van der Waals surface area (Å²) in [5, 5.41) is 0. The molecule has 2 atom stereocenters. The fraction of sp³-hybridized carbons (Fsp3) is 0.615. The van der Waals surface area contributed by atoms with Gasteiger partial charge in [-0.25, -0.2) is 9.59 Å². The number of hydrogen-bond donors (Lipinski definition) is 0. The first-order valence-electron chi connectivity index (χ1n) is 12.1. The number of terminal acetylenes is 1. The number of urea groups is 1. The van der Waals surface area contributed by atoms with E-state index in [-0.39, 0.29) is 36.2 Å². The summed E-state index contributed by atoms with van der Waals surface area (Å²) in [5.74, 6) is 2.39. The molecule has 0 saturated carbocycles. The lowest BCUT2D eigenvalue weighted by molar-refractivity contribution is 0.0302. The minimum Gasteiger partial charge on any atom is -0.436 e. The van der Waals surface area contributed by atoms with Crippen LogP contribution in [0.2, 0.25) is 0 Å². The van der Waals surface area contributed by atoms with Gasteiger partial charge < -0.3 is 19.4 Å². The molecule has 1 aromatic rings. The third kappa shape index (κ3) is 3.74. The van der Waals surface area contributed by atoms with Gasteiger partial charge in [-0.2, -0.15) is 0 Å². The Hall–Kier alpha value is -2.72. The predicted molar refractivity (Wildman–Crippen MR) is 127 cm³/mol. The first kappa shape index (κ1) is 22.1. The standard InChI is InChI=1S/C26H34N4O3/c1-4-15-33-25(32)30-19-9-10-20(30)17-21(16-19)28-13-11-26(12-14-28)18-29(24(31)27(2)3)23-8-6-5-7-22(23)26/h1,5-8,19-21H,9-18H2,2-3H3. The van der Waals surface area contributed by atoms with Gasteiger partial charge in [0.2, 0.25) is 0 Å². The van der Waals surface area contributed by atoms with E-state index in [0.717, 1.165) is 63.8 Å². The fourth-order valence-corrected chi connectivity index (χ4v) is 6.71. The second-order valence-corrected chi connectivity index (χ2v) is 10.3. The molecular weight excluding hydrogens is 416 g/mol. The van der Waals surface area contributed by atoms with E-state index in [0.29, 0.717) is 6.04 Å². The number of nitrogens with zero attached hydrogens (tertiary/aromatic N) is 4. The van der Waals surface area contributed by atoms with Crippen molar-refractivity contribution in [3.63, 3.8) is 0 Å². The number of rotatable bonds is 2. The van der Waals surface area contributed by atoms with Crippen LogP contribution in [0, 0.1) is 12.3 Å². The van der Waals surface area contributed by atoms with Crippen LogP contribution in [-0.2, 0) is 10.2 Å². The maximum atomic E-state index is 12.9. The summed E-state index contributed by atoms with van der Waals surface area (Å²) in [4.78, 5) is 33.6. The van der Waals surface area contributed by atoms with Crippen molar-refractivity contribution in [2.45, 2.75) is 62.1 Å². The van der Waals surface area contributed by atoms with E-state index in [1.54, 1.807) is 4.90 Å². The van der Waals surface area contributed by atoms with E-state index in [4.69, 9.17) is 11.2 Å². The third-order valence-corrected chi connectivity index (χ3v) is 8.31. The second-order valence-electron chi connectivity index (χ2n) is 10.3. The molecule has 0 radical (unpaired) electrons. The van der Waals surface area contributed by atoms with Crippen LogP contribution in [0.4, 0.5) is 15.3 Å². The minimum atomic E-state index is -0.246. The highest BCUT2D eigenvalue weighted by Gasteiger charge is 2.50. The van der Waals surface area contributed by atoms with E-state index < -0.39 is 0 Å².